The number of nitrogens with two attached hydrogens (primary N) is 1. The third-order valence-corrected chi connectivity index (χ3v) is 1.19. The summed E-state index contributed by atoms with van der Waals surface area (Å²) in [4.78, 5) is 19.2. The Morgan fingerprint density at radius 1 is 1.67 bits per heavy atom. The van der Waals surface area contributed by atoms with Crippen molar-refractivity contribution < 1.29 is 9.63 Å². The van der Waals surface area contributed by atoms with Crippen LogP contribution in [0.2, 0.25) is 0 Å². The van der Waals surface area contributed by atoms with E-state index in [1.54, 1.807) is 6.07 Å². The monoisotopic (exact) mass is 167 g/mol. The number of rotatable bonds is 2. The van der Waals surface area contributed by atoms with Gasteiger partial charge in [0.1, 0.15) is 5.69 Å². The average Bonchev–Trinajstić information content (AvgIpc) is 2.06. The number of nitrogen functional groups attached to an aromatic ring is 1. The van der Waals surface area contributed by atoms with Crippen LogP contribution in [-0.2, 0) is 4.84 Å². The van der Waals surface area contributed by atoms with Gasteiger partial charge in [-0.1, -0.05) is 0 Å². The number of carbonyl (C=O) groups excluding carboxylic acids is 1. The molecule has 0 aromatic carbocycles. The van der Waals surface area contributed by atoms with E-state index >= 15 is 0 Å². The quantitative estimate of drug-likeness (QED) is 0.604. The lowest BCUT2D eigenvalue weighted by molar-refractivity contribution is 0.0303. The summed E-state index contributed by atoms with van der Waals surface area (Å²) in [5.41, 5.74) is 8.36. The van der Waals surface area contributed by atoms with Gasteiger partial charge in [0.2, 0.25) is 0 Å². The Labute approximate surface area is 69.5 Å². The smallest absolute Gasteiger partial charge is 0.375 e. The molecule has 0 aliphatic heterocycles. The topological polar surface area (TPSA) is 77.2 Å². The molecule has 0 aliphatic carbocycles. The van der Waals surface area contributed by atoms with Crippen molar-refractivity contribution in [3.63, 3.8) is 0 Å². The number of hydroxylamine groups is 1. The summed E-state index contributed by atoms with van der Waals surface area (Å²) >= 11 is 0. The van der Waals surface area contributed by atoms with Crippen LogP contribution in [0, 0.1) is 0 Å². The Bertz CT molecular complexity index is 270. The van der Waals surface area contributed by atoms with Crippen LogP contribution in [0.3, 0.4) is 0 Å². The molecule has 0 fully saturated rings. The summed E-state index contributed by atoms with van der Waals surface area (Å²) in [6, 6.07) is 3.08. The van der Waals surface area contributed by atoms with Gasteiger partial charge in [-0.3, -0.25) is 0 Å². The number of nitrogens with zero attached hydrogens (tertiary/aromatic N) is 1. The van der Waals surface area contributed by atoms with Crippen molar-refractivity contribution in [1.82, 2.24) is 10.5 Å². The first-order chi connectivity index (χ1) is 5.74. The maximum atomic E-state index is 11.0. The Balaban J connectivity index is 2.75. The molecule has 0 radical (unpaired) electrons. The van der Waals surface area contributed by atoms with E-state index in [1.807, 2.05) is 0 Å². The molecule has 3 N–H and O–H groups in total. The lowest BCUT2D eigenvalue weighted by atomic mass is 10.3. The fourth-order valence-corrected chi connectivity index (χ4v) is 0.671. The minimum absolute atomic E-state index is 0.221. The van der Waals surface area contributed by atoms with Crippen LogP contribution in [0.25, 0.3) is 0 Å². The zero-order valence-electron chi connectivity index (χ0n) is 6.57. The number of aromatic nitrogens is 1. The molecule has 1 aromatic heterocycles. The van der Waals surface area contributed by atoms with Crippen molar-refractivity contribution in [2.45, 2.75) is 0 Å². The third-order valence-electron chi connectivity index (χ3n) is 1.19. The van der Waals surface area contributed by atoms with Crippen molar-refractivity contribution in [3.8, 4) is 0 Å². The van der Waals surface area contributed by atoms with Gasteiger partial charge in [0.05, 0.1) is 11.9 Å². The van der Waals surface area contributed by atoms with Gasteiger partial charge in [0.25, 0.3) is 0 Å². The molecule has 0 saturated heterocycles. The first kappa shape index (κ1) is 8.48. The minimum atomic E-state index is -0.530. The number of hydrogen-bond acceptors (Lipinski definition) is 5. The van der Waals surface area contributed by atoms with E-state index in [2.05, 4.69) is 15.3 Å². The molecule has 64 valence electrons. The summed E-state index contributed by atoms with van der Waals surface area (Å²) in [5, 5.41) is 0. The molecule has 1 rings (SSSR count). The van der Waals surface area contributed by atoms with Gasteiger partial charge in [-0.05, 0) is 12.1 Å². The number of carbonyl (C=O) groups is 1. The van der Waals surface area contributed by atoms with E-state index in [4.69, 9.17) is 5.73 Å². The zero-order chi connectivity index (χ0) is 8.97. The molecule has 1 heterocycles. The standard InChI is InChI=1S/C7H9N3O2/c1-9-12-7(11)6-3-2-5(8)4-10-6/h2-4,9H,8H2,1H3. The highest BCUT2D eigenvalue weighted by Gasteiger charge is 2.06. The summed E-state index contributed by atoms with van der Waals surface area (Å²) in [6.45, 7) is 0. The number of pyridine rings is 1. The van der Waals surface area contributed by atoms with Gasteiger partial charge >= 0.3 is 5.97 Å². The Morgan fingerprint density at radius 3 is 2.92 bits per heavy atom. The fourth-order valence-electron chi connectivity index (χ4n) is 0.671. The third kappa shape index (κ3) is 1.93. The van der Waals surface area contributed by atoms with E-state index in [0.29, 0.717) is 5.69 Å². The van der Waals surface area contributed by atoms with Crippen LogP contribution < -0.4 is 11.2 Å². The van der Waals surface area contributed by atoms with Crippen LogP contribution in [-0.4, -0.2) is 18.0 Å². The molecule has 0 bridgehead atoms. The highest BCUT2D eigenvalue weighted by atomic mass is 16.7. The molecule has 0 amide bonds. The number of anilines is 1. The highest BCUT2D eigenvalue weighted by Crippen LogP contribution is 2.01. The zero-order valence-corrected chi connectivity index (χ0v) is 6.57. The summed E-state index contributed by atoms with van der Waals surface area (Å²) < 4.78 is 0. The maximum absolute atomic E-state index is 11.0. The van der Waals surface area contributed by atoms with Crippen LogP contribution in [0.5, 0.6) is 0 Å². The molecule has 0 unspecified atom stereocenters. The molecule has 5 heteroatoms. The van der Waals surface area contributed by atoms with Crippen LogP contribution in [0.1, 0.15) is 10.5 Å². The van der Waals surface area contributed by atoms with E-state index < -0.39 is 5.97 Å². The second-order valence-corrected chi connectivity index (χ2v) is 2.07. The van der Waals surface area contributed by atoms with Gasteiger partial charge in [-0.2, -0.15) is 5.48 Å². The molecule has 0 aliphatic rings. The normalized spacial score (nSPS) is 9.42. The average molecular weight is 167 g/mol. The molecule has 0 atom stereocenters. The van der Waals surface area contributed by atoms with Gasteiger partial charge in [-0.15, -0.1) is 0 Å². The van der Waals surface area contributed by atoms with E-state index in [-0.39, 0.29) is 5.69 Å². The van der Waals surface area contributed by atoms with Crippen molar-refractivity contribution in [2.75, 3.05) is 12.8 Å². The van der Waals surface area contributed by atoms with Gasteiger partial charge < -0.3 is 10.6 Å². The SMILES string of the molecule is CNOC(=O)c1ccc(N)cn1. The molecular formula is C7H9N3O2. The predicted molar refractivity (Wildman–Crippen MR) is 43.1 cm³/mol. The molecule has 12 heavy (non-hydrogen) atoms. The second kappa shape index (κ2) is 3.68. The molecule has 5 nitrogen and oxygen atoms in total. The van der Waals surface area contributed by atoms with Crippen molar-refractivity contribution in [2.24, 2.45) is 0 Å². The largest absolute Gasteiger partial charge is 0.397 e. The predicted octanol–water partition coefficient (Wildman–Crippen LogP) is -0.0450. The van der Waals surface area contributed by atoms with Gasteiger partial charge in [-0.25, -0.2) is 9.78 Å². The second-order valence-electron chi connectivity index (χ2n) is 2.07. The van der Waals surface area contributed by atoms with E-state index in [1.165, 1.54) is 19.3 Å². The first-order valence-corrected chi connectivity index (χ1v) is 3.33. The van der Waals surface area contributed by atoms with Crippen molar-refractivity contribution in [1.29, 1.82) is 0 Å². The Kier molecular flexibility index (Phi) is 2.60. The molecule has 0 spiro atoms. The van der Waals surface area contributed by atoms with E-state index in [0.717, 1.165) is 0 Å². The van der Waals surface area contributed by atoms with Crippen LogP contribution >= 0.6 is 0 Å². The molecular weight excluding hydrogens is 158 g/mol. The van der Waals surface area contributed by atoms with Gasteiger partial charge in [0.15, 0.2) is 0 Å². The lowest BCUT2D eigenvalue weighted by Crippen LogP contribution is -2.16. The van der Waals surface area contributed by atoms with Crippen molar-refractivity contribution in [3.05, 3.63) is 24.0 Å². The van der Waals surface area contributed by atoms with E-state index in [9.17, 15) is 4.79 Å². The number of nitrogens with one attached hydrogen (secondary N) is 1. The maximum Gasteiger partial charge on any atom is 0.375 e. The molecule has 0 saturated carbocycles. The summed E-state index contributed by atoms with van der Waals surface area (Å²) in [6.07, 6.45) is 1.40. The fraction of sp³-hybridized carbons (Fsp3) is 0.143. The summed E-state index contributed by atoms with van der Waals surface area (Å²) in [5.74, 6) is -0.530. The van der Waals surface area contributed by atoms with Crippen LogP contribution in [0.4, 0.5) is 5.69 Å². The van der Waals surface area contributed by atoms with Gasteiger partial charge in [0, 0.05) is 7.05 Å². The Morgan fingerprint density at radius 2 is 2.42 bits per heavy atom. The minimum Gasteiger partial charge on any atom is -0.397 e. The highest BCUT2D eigenvalue weighted by molar-refractivity contribution is 5.87. The first-order valence-electron chi connectivity index (χ1n) is 3.33. The Hall–Kier alpha value is -1.62. The molecule has 1 aromatic rings. The lowest BCUT2D eigenvalue weighted by Gasteiger charge is -1.99. The van der Waals surface area contributed by atoms with Crippen molar-refractivity contribution >= 4 is 11.7 Å². The summed E-state index contributed by atoms with van der Waals surface area (Å²) in [7, 11) is 1.50. The van der Waals surface area contributed by atoms with Crippen LogP contribution in [0.15, 0.2) is 18.3 Å². The number of hydrogen-bond donors (Lipinski definition) is 2.